The highest BCUT2D eigenvalue weighted by atomic mass is 28.3. The molecule has 0 aliphatic heterocycles. The Hall–Kier alpha value is -3.23. The molecule has 41 heavy (non-hydrogen) atoms. The van der Waals surface area contributed by atoms with Crippen LogP contribution in [0.15, 0.2) is 42.5 Å². The summed E-state index contributed by atoms with van der Waals surface area (Å²) < 4.78 is 29.3. The third-order valence-electron chi connectivity index (χ3n) is 8.45. The van der Waals surface area contributed by atoms with Crippen LogP contribution < -0.4 is 19.4 Å². The topological polar surface area (TPSA) is 83.5 Å². The average molecular weight is 581 g/mol. The second-order valence-corrected chi connectivity index (χ2v) is 17.3. The van der Waals surface area contributed by atoms with Crippen molar-refractivity contribution in [1.82, 2.24) is 0 Å². The number of fused-ring (bicyclic) bond motifs is 1. The van der Waals surface area contributed by atoms with Crippen LogP contribution in [0.25, 0.3) is 10.8 Å². The van der Waals surface area contributed by atoms with E-state index in [1.807, 2.05) is 30.3 Å². The van der Waals surface area contributed by atoms with E-state index in [9.17, 15) is 9.90 Å². The highest BCUT2D eigenvalue weighted by Gasteiger charge is 2.42. The summed E-state index contributed by atoms with van der Waals surface area (Å²) in [7, 11) is 4.41. The quantitative estimate of drug-likeness (QED) is 0.225. The molecule has 3 aromatic rings. The predicted molar refractivity (Wildman–Crippen MR) is 164 cm³/mol. The first-order valence-corrected chi connectivity index (χ1v) is 17.7. The zero-order valence-electron chi connectivity index (χ0n) is 25.6. The number of hydrogen-bond acceptors (Lipinski definition) is 7. The van der Waals surface area contributed by atoms with E-state index in [1.165, 1.54) is 7.11 Å². The van der Waals surface area contributed by atoms with Crippen molar-refractivity contribution in [2.45, 2.75) is 64.5 Å². The van der Waals surface area contributed by atoms with Gasteiger partial charge in [-0.05, 0) is 67.0 Å². The van der Waals surface area contributed by atoms with Crippen molar-refractivity contribution < 1.29 is 33.6 Å². The predicted octanol–water partition coefficient (Wildman–Crippen LogP) is 6.22. The Bertz CT molecular complexity index is 1380. The van der Waals surface area contributed by atoms with Gasteiger partial charge in [-0.1, -0.05) is 50.0 Å². The van der Waals surface area contributed by atoms with E-state index in [-0.39, 0.29) is 23.6 Å². The maximum Gasteiger partial charge on any atom is 0.308 e. The molecule has 7 nitrogen and oxygen atoms in total. The first kappa shape index (κ1) is 30.7. The minimum atomic E-state index is -1.90. The van der Waals surface area contributed by atoms with E-state index >= 15 is 0 Å². The van der Waals surface area contributed by atoms with Crippen LogP contribution in [0.4, 0.5) is 0 Å². The molecule has 1 aliphatic rings. The standard InChI is InChI=1S/C33H44O7Si/c1-33(40-20-21-12-10-9-11-13-21)15-14-24(32(35)39-5)23(19-33)16-22-17-25(36-2)28-26(37-3)18-27(41(6,7)8)31(38-4)29(28)30(22)34/h9-13,17-18,23-24,34H,14-16,19-20H2,1-8H3/t23-,24-,33+/m1/s1. The molecule has 0 saturated heterocycles. The first-order chi connectivity index (χ1) is 19.5. The molecular weight excluding hydrogens is 536 g/mol. The largest absolute Gasteiger partial charge is 0.507 e. The number of methoxy groups -OCH3 is 4. The monoisotopic (exact) mass is 580 g/mol. The number of carbonyl (C=O) groups excluding carboxylic acids is 1. The van der Waals surface area contributed by atoms with Gasteiger partial charge in [-0.3, -0.25) is 4.79 Å². The second kappa shape index (κ2) is 12.3. The molecule has 0 amide bonds. The van der Waals surface area contributed by atoms with Crippen molar-refractivity contribution in [3.05, 3.63) is 53.6 Å². The Morgan fingerprint density at radius 3 is 2.22 bits per heavy atom. The third-order valence-corrected chi connectivity index (χ3v) is 10.4. The van der Waals surface area contributed by atoms with Crippen LogP contribution in [0.1, 0.15) is 37.3 Å². The van der Waals surface area contributed by atoms with Crippen LogP contribution >= 0.6 is 0 Å². The fourth-order valence-corrected chi connectivity index (χ4v) is 7.71. The van der Waals surface area contributed by atoms with Gasteiger partial charge in [0.05, 0.1) is 65.4 Å². The number of benzene rings is 3. The van der Waals surface area contributed by atoms with Crippen molar-refractivity contribution >= 4 is 30.0 Å². The zero-order valence-corrected chi connectivity index (χ0v) is 26.6. The molecule has 0 aromatic heterocycles. The number of esters is 1. The molecule has 1 saturated carbocycles. The Morgan fingerprint density at radius 1 is 0.976 bits per heavy atom. The lowest BCUT2D eigenvalue weighted by Crippen LogP contribution is -2.42. The van der Waals surface area contributed by atoms with Crippen LogP contribution in [0.5, 0.6) is 23.0 Å². The van der Waals surface area contributed by atoms with Crippen molar-refractivity contribution in [2.24, 2.45) is 11.8 Å². The van der Waals surface area contributed by atoms with Gasteiger partial charge in [0.25, 0.3) is 0 Å². The smallest absolute Gasteiger partial charge is 0.308 e. The molecule has 1 fully saturated rings. The Kier molecular flexibility index (Phi) is 9.24. The molecule has 3 atom stereocenters. The van der Waals surface area contributed by atoms with E-state index in [0.717, 1.165) is 17.2 Å². The highest BCUT2D eigenvalue weighted by Crippen LogP contribution is 2.48. The summed E-state index contributed by atoms with van der Waals surface area (Å²) in [4.78, 5) is 12.9. The van der Waals surface area contributed by atoms with Gasteiger partial charge in [-0.2, -0.15) is 0 Å². The highest BCUT2D eigenvalue weighted by molar-refractivity contribution is 6.89. The number of rotatable bonds is 10. The van der Waals surface area contributed by atoms with Gasteiger partial charge in [-0.25, -0.2) is 0 Å². The van der Waals surface area contributed by atoms with Crippen molar-refractivity contribution in [3.8, 4) is 23.0 Å². The van der Waals surface area contributed by atoms with Gasteiger partial charge in [0.1, 0.15) is 23.0 Å². The lowest BCUT2D eigenvalue weighted by Gasteiger charge is -2.42. The van der Waals surface area contributed by atoms with Crippen LogP contribution in [-0.4, -0.2) is 53.2 Å². The number of phenols is 1. The fourth-order valence-electron chi connectivity index (χ4n) is 6.23. The van der Waals surface area contributed by atoms with Crippen LogP contribution in [0, 0.1) is 11.8 Å². The Balaban J connectivity index is 1.79. The van der Waals surface area contributed by atoms with E-state index in [1.54, 1.807) is 21.3 Å². The first-order valence-electron chi connectivity index (χ1n) is 14.2. The number of carbonyl (C=O) groups is 1. The summed E-state index contributed by atoms with van der Waals surface area (Å²) in [6, 6.07) is 14.0. The van der Waals surface area contributed by atoms with E-state index in [4.69, 9.17) is 23.7 Å². The van der Waals surface area contributed by atoms with E-state index in [2.05, 4.69) is 38.7 Å². The van der Waals surface area contributed by atoms with E-state index in [0.29, 0.717) is 59.5 Å². The van der Waals surface area contributed by atoms with E-state index < -0.39 is 13.7 Å². The summed E-state index contributed by atoms with van der Waals surface area (Å²) in [6.45, 7) is 9.30. The average Bonchev–Trinajstić information content (AvgIpc) is 2.96. The van der Waals surface area contributed by atoms with Crippen molar-refractivity contribution in [1.29, 1.82) is 0 Å². The molecule has 3 aromatic carbocycles. The second-order valence-electron chi connectivity index (χ2n) is 12.3. The molecular formula is C33H44O7Si. The fraction of sp³-hybridized carbons (Fsp3) is 0.485. The van der Waals surface area contributed by atoms with Gasteiger partial charge in [-0.15, -0.1) is 0 Å². The molecule has 1 N–H and O–H groups in total. The lowest BCUT2D eigenvalue weighted by molar-refractivity contribution is -0.154. The minimum absolute atomic E-state index is 0.113. The maximum atomic E-state index is 12.9. The van der Waals surface area contributed by atoms with Gasteiger partial charge in [0.15, 0.2) is 0 Å². The van der Waals surface area contributed by atoms with Crippen LogP contribution in [0.3, 0.4) is 0 Å². The summed E-state index contributed by atoms with van der Waals surface area (Å²) in [5.41, 5.74) is 1.37. The van der Waals surface area contributed by atoms with Gasteiger partial charge in [0, 0.05) is 0 Å². The normalized spacial score (nSPS) is 21.0. The third kappa shape index (κ3) is 6.33. The molecule has 4 rings (SSSR count). The SMILES string of the molecule is COC(=O)[C@@H]1CC[C@](C)(OCc2ccccc2)C[C@H]1Cc1cc(OC)c2c(OC)cc([Si](C)(C)C)c(OC)c2c1O. The van der Waals surface area contributed by atoms with Crippen molar-refractivity contribution in [2.75, 3.05) is 28.4 Å². The zero-order chi connectivity index (χ0) is 29.9. The van der Waals surface area contributed by atoms with Gasteiger partial charge in [0.2, 0.25) is 0 Å². The summed E-state index contributed by atoms with van der Waals surface area (Å²) in [5.74, 6) is 1.33. The van der Waals surface area contributed by atoms with Crippen LogP contribution in [-0.2, 0) is 27.3 Å². The molecule has 0 spiro atoms. The molecule has 0 heterocycles. The molecule has 0 radical (unpaired) electrons. The van der Waals surface area contributed by atoms with Crippen LogP contribution in [0.2, 0.25) is 19.6 Å². The Morgan fingerprint density at radius 2 is 1.63 bits per heavy atom. The number of hydrogen-bond donors (Lipinski definition) is 1. The number of aromatic hydroxyl groups is 1. The molecule has 0 unspecified atom stereocenters. The number of phenolic OH excluding ortho intramolecular Hbond substituents is 1. The maximum absolute atomic E-state index is 12.9. The Labute approximate surface area is 244 Å². The molecule has 222 valence electrons. The molecule has 8 heteroatoms. The van der Waals surface area contributed by atoms with Gasteiger partial charge >= 0.3 is 5.97 Å². The van der Waals surface area contributed by atoms with Crippen molar-refractivity contribution in [3.63, 3.8) is 0 Å². The lowest BCUT2D eigenvalue weighted by atomic mass is 9.70. The minimum Gasteiger partial charge on any atom is -0.507 e. The molecule has 1 aliphatic carbocycles. The summed E-state index contributed by atoms with van der Waals surface area (Å²) in [5, 5.41) is 14.2. The summed E-state index contributed by atoms with van der Waals surface area (Å²) >= 11 is 0. The van der Waals surface area contributed by atoms with Gasteiger partial charge < -0.3 is 28.8 Å². The summed E-state index contributed by atoms with van der Waals surface area (Å²) in [6.07, 6.45) is 2.48. The number of ether oxygens (including phenoxy) is 5. The molecule has 0 bridgehead atoms.